The van der Waals surface area contributed by atoms with Crippen LogP contribution in [0, 0.1) is 11.6 Å². The Morgan fingerprint density at radius 3 is 2.59 bits per heavy atom. The summed E-state index contributed by atoms with van der Waals surface area (Å²) in [4.78, 5) is 4.31. The average molecular weight is 435 g/mol. The Bertz CT molecular complexity index is 1260. The summed E-state index contributed by atoms with van der Waals surface area (Å²) in [6.45, 7) is 1.37. The first-order chi connectivity index (χ1) is 15.7. The van der Waals surface area contributed by atoms with Gasteiger partial charge in [-0.3, -0.25) is 0 Å². The Labute approximate surface area is 182 Å². The van der Waals surface area contributed by atoms with Crippen molar-refractivity contribution in [2.24, 2.45) is 0 Å². The van der Waals surface area contributed by atoms with Crippen LogP contribution in [-0.4, -0.2) is 18.2 Å². The summed E-state index contributed by atoms with van der Waals surface area (Å²) < 4.78 is 43.7. The van der Waals surface area contributed by atoms with Gasteiger partial charge in [0.25, 0.3) is 6.01 Å². The van der Waals surface area contributed by atoms with Gasteiger partial charge in [0.1, 0.15) is 13.2 Å². The fourth-order valence-electron chi connectivity index (χ4n) is 3.40. The van der Waals surface area contributed by atoms with E-state index in [4.69, 9.17) is 13.9 Å². The maximum Gasteiger partial charge on any atom is 0.299 e. The molecular weight excluding hydrogens is 416 g/mol. The molecule has 8 heteroatoms. The van der Waals surface area contributed by atoms with Gasteiger partial charge in [0.2, 0.25) is 0 Å². The summed E-state index contributed by atoms with van der Waals surface area (Å²) in [6, 6.07) is 17.2. The monoisotopic (exact) mass is 435 g/mol. The second kappa shape index (κ2) is 8.58. The molecule has 1 aromatic heterocycles. The van der Waals surface area contributed by atoms with Crippen molar-refractivity contribution in [1.29, 1.82) is 0 Å². The van der Waals surface area contributed by atoms with Crippen molar-refractivity contribution in [3.63, 3.8) is 0 Å². The molecule has 2 heterocycles. The number of para-hydroxylation sites is 1. The number of anilines is 3. The maximum atomic E-state index is 13.5. The number of rotatable bonds is 6. The summed E-state index contributed by atoms with van der Waals surface area (Å²) in [5.74, 6) is 0.186. The lowest BCUT2D eigenvalue weighted by atomic mass is 10.1. The quantitative estimate of drug-likeness (QED) is 0.402. The second-order valence-electron chi connectivity index (χ2n) is 7.16. The van der Waals surface area contributed by atoms with Gasteiger partial charge in [0, 0.05) is 29.5 Å². The average Bonchev–Trinajstić information content (AvgIpc) is 3.28. The molecule has 0 spiro atoms. The molecule has 2 N–H and O–H groups in total. The van der Waals surface area contributed by atoms with E-state index in [9.17, 15) is 8.78 Å². The van der Waals surface area contributed by atoms with Crippen molar-refractivity contribution < 1.29 is 22.7 Å². The molecule has 1 aliphatic rings. The standard InChI is InChI=1S/C24H19F2N3O3/c25-18-7-5-15(11-19(18)26)13-27-20-4-2-1-3-17(20)23-14-28-24(32-23)29-16-6-8-21-22(12-16)31-10-9-30-21/h1-8,11-12,14,27H,9-10,13H2,(H,28,29). The lowest BCUT2D eigenvalue weighted by Crippen LogP contribution is -2.15. The van der Waals surface area contributed by atoms with E-state index < -0.39 is 11.6 Å². The molecule has 0 aliphatic carbocycles. The molecule has 162 valence electrons. The number of hydrogen-bond acceptors (Lipinski definition) is 6. The molecule has 4 aromatic rings. The molecule has 0 saturated heterocycles. The van der Waals surface area contributed by atoms with Crippen molar-refractivity contribution in [1.82, 2.24) is 4.98 Å². The SMILES string of the molecule is Fc1ccc(CNc2ccccc2-c2cnc(Nc3ccc4c(c3)OCCO4)o2)cc1F. The Morgan fingerprint density at radius 2 is 1.72 bits per heavy atom. The number of aromatic nitrogens is 1. The maximum absolute atomic E-state index is 13.5. The molecule has 32 heavy (non-hydrogen) atoms. The van der Waals surface area contributed by atoms with Crippen LogP contribution in [0.4, 0.5) is 26.2 Å². The summed E-state index contributed by atoms with van der Waals surface area (Å²) >= 11 is 0. The summed E-state index contributed by atoms with van der Waals surface area (Å²) in [5, 5.41) is 6.36. The third-order valence-electron chi connectivity index (χ3n) is 4.96. The number of nitrogens with zero attached hydrogens (tertiary/aromatic N) is 1. The third kappa shape index (κ3) is 4.20. The second-order valence-corrected chi connectivity index (χ2v) is 7.16. The lowest BCUT2D eigenvalue weighted by Gasteiger charge is -2.18. The van der Waals surface area contributed by atoms with E-state index in [2.05, 4.69) is 15.6 Å². The molecule has 0 fully saturated rings. The number of benzene rings is 3. The largest absolute Gasteiger partial charge is 0.486 e. The predicted octanol–water partition coefficient (Wildman–Crippen LogP) is 5.75. The number of nitrogens with one attached hydrogen (secondary N) is 2. The van der Waals surface area contributed by atoms with E-state index >= 15 is 0 Å². The molecule has 0 unspecified atom stereocenters. The van der Waals surface area contributed by atoms with Crippen LogP contribution in [0.5, 0.6) is 11.5 Å². The van der Waals surface area contributed by atoms with Crippen molar-refractivity contribution in [3.05, 3.63) is 84.1 Å². The summed E-state index contributed by atoms with van der Waals surface area (Å²) in [5.41, 5.74) is 2.95. The van der Waals surface area contributed by atoms with Gasteiger partial charge in [-0.25, -0.2) is 13.8 Å². The van der Waals surface area contributed by atoms with E-state index in [1.807, 2.05) is 42.5 Å². The van der Waals surface area contributed by atoms with Gasteiger partial charge < -0.3 is 24.5 Å². The van der Waals surface area contributed by atoms with Gasteiger partial charge in [-0.2, -0.15) is 0 Å². The minimum atomic E-state index is -0.873. The van der Waals surface area contributed by atoms with Crippen molar-refractivity contribution in [3.8, 4) is 22.8 Å². The smallest absolute Gasteiger partial charge is 0.299 e. The first-order valence-corrected chi connectivity index (χ1v) is 10.1. The Hall–Kier alpha value is -4.07. The molecule has 1 aliphatic heterocycles. The van der Waals surface area contributed by atoms with E-state index in [1.165, 1.54) is 12.1 Å². The molecule has 0 amide bonds. The van der Waals surface area contributed by atoms with Crippen LogP contribution in [0.2, 0.25) is 0 Å². The normalized spacial score (nSPS) is 12.4. The van der Waals surface area contributed by atoms with Crippen molar-refractivity contribution in [2.45, 2.75) is 6.54 Å². The highest BCUT2D eigenvalue weighted by Crippen LogP contribution is 2.35. The van der Waals surface area contributed by atoms with Gasteiger partial charge in [0.15, 0.2) is 28.9 Å². The number of oxazole rings is 1. The first kappa shape index (κ1) is 19.9. The molecule has 0 saturated carbocycles. The van der Waals surface area contributed by atoms with Crippen LogP contribution < -0.4 is 20.1 Å². The zero-order valence-corrected chi connectivity index (χ0v) is 16.9. The predicted molar refractivity (Wildman–Crippen MR) is 116 cm³/mol. The molecule has 6 nitrogen and oxygen atoms in total. The van der Waals surface area contributed by atoms with Crippen LogP contribution in [-0.2, 0) is 6.54 Å². The lowest BCUT2D eigenvalue weighted by molar-refractivity contribution is 0.171. The molecule has 5 rings (SSSR count). The van der Waals surface area contributed by atoms with Crippen LogP contribution in [0.1, 0.15) is 5.56 Å². The Balaban J connectivity index is 1.32. The van der Waals surface area contributed by atoms with Gasteiger partial charge >= 0.3 is 0 Å². The van der Waals surface area contributed by atoms with E-state index in [0.717, 1.165) is 23.0 Å². The first-order valence-electron chi connectivity index (χ1n) is 10.1. The molecule has 0 atom stereocenters. The van der Waals surface area contributed by atoms with Gasteiger partial charge in [-0.15, -0.1) is 0 Å². The molecule has 3 aromatic carbocycles. The van der Waals surface area contributed by atoms with Crippen LogP contribution in [0.25, 0.3) is 11.3 Å². The summed E-state index contributed by atoms with van der Waals surface area (Å²) in [7, 11) is 0. The number of hydrogen-bond donors (Lipinski definition) is 2. The number of halogens is 2. The van der Waals surface area contributed by atoms with Gasteiger partial charge in [-0.05, 0) is 42.0 Å². The van der Waals surface area contributed by atoms with Crippen LogP contribution in [0.3, 0.4) is 0 Å². The minimum absolute atomic E-state index is 0.324. The van der Waals surface area contributed by atoms with E-state index in [-0.39, 0.29) is 0 Å². The highest BCUT2D eigenvalue weighted by molar-refractivity contribution is 5.75. The van der Waals surface area contributed by atoms with E-state index in [1.54, 1.807) is 6.20 Å². The van der Waals surface area contributed by atoms with Crippen molar-refractivity contribution in [2.75, 3.05) is 23.8 Å². The number of ether oxygens (including phenoxy) is 2. The topological polar surface area (TPSA) is 68.6 Å². The molecule has 0 bridgehead atoms. The van der Waals surface area contributed by atoms with Crippen molar-refractivity contribution >= 4 is 17.4 Å². The van der Waals surface area contributed by atoms with Crippen LogP contribution >= 0.6 is 0 Å². The fraction of sp³-hybridized carbons (Fsp3) is 0.125. The summed E-state index contributed by atoms with van der Waals surface area (Å²) in [6.07, 6.45) is 1.62. The van der Waals surface area contributed by atoms with E-state index in [0.29, 0.717) is 48.6 Å². The highest BCUT2D eigenvalue weighted by Gasteiger charge is 2.14. The molecular formula is C24H19F2N3O3. The zero-order valence-electron chi connectivity index (χ0n) is 16.9. The number of fused-ring (bicyclic) bond motifs is 1. The highest BCUT2D eigenvalue weighted by atomic mass is 19.2. The Morgan fingerprint density at radius 1 is 0.875 bits per heavy atom. The third-order valence-corrected chi connectivity index (χ3v) is 4.96. The fourth-order valence-corrected chi connectivity index (χ4v) is 3.40. The zero-order chi connectivity index (χ0) is 21.9. The molecule has 0 radical (unpaired) electrons. The Kier molecular flexibility index (Phi) is 5.33. The van der Waals surface area contributed by atoms with Gasteiger partial charge in [-0.1, -0.05) is 18.2 Å². The minimum Gasteiger partial charge on any atom is -0.486 e. The van der Waals surface area contributed by atoms with Gasteiger partial charge in [0.05, 0.1) is 6.20 Å². The van der Waals surface area contributed by atoms with Crippen LogP contribution in [0.15, 0.2) is 71.3 Å².